The van der Waals surface area contributed by atoms with Crippen LogP contribution in [0.2, 0.25) is 0 Å². The molecule has 2 heterocycles. The smallest absolute Gasteiger partial charge is 0.325 e. The van der Waals surface area contributed by atoms with Crippen LogP contribution in [-0.2, 0) is 14.4 Å². The molecule has 1 aliphatic carbocycles. The molecule has 3 aliphatic rings. The number of carbonyl (C=O) groups is 4. The molecule has 5 amide bonds. The van der Waals surface area contributed by atoms with Crippen LogP contribution in [0.1, 0.15) is 32.1 Å². The van der Waals surface area contributed by atoms with Gasteiger partial charge in [0.25, 0.3) is 5.91 Å². The number of urea groups is 1. The third-order valence-corrected chi connectivity index (χ3v) is 6.47. The highest BCUT2D eigenvalue weighted by Crippen LogP contribution is 2.35. The van der Waals surface area contributed by atoms with Crippen molar-refractivity contribution < 1.29 is 23.6 Å². The number of nitrogens with one attached hydrogen (secondary N) is 2. The minimum absolute atomic E-state index is 0.0888. The fourth-order valence-electron chi connectivity index (χ4n) is 4.65. The molecule has 0 aromatic heterocycles. The third kappa shape index (κ3) is 4.74. The van der Waals surface area contributed by atoms with Gasteiger partial charge in [0.1, 0.15) is 11.4 Å². The molecule has 32 heavy (non-hydrogen) atoms. The van der Waals surface area contributed by atoms with Gasteiger partial charge in [0.05, 0.1) is 6.54 Å². The molecule has 1 saturated carbocycles. The number of piperazine rings is 1. The van der Waals surface area contributed by atoms with Crippen molar-refractivity contribution in [2.45, 2.75) is 37.6 Å². The summed E-state index contributed by atoms with van der Waals surface area (Å²) in [6, 6.07) is 5.18. The van der Waals surface area contributed by atoms with Crippen molar-refractivity contribution in [3.8, 4) is 0 Å². The summed E-state index contributed by atoms with van der Waals surface area (Å²) in [5.74, 6) is -0.870. The molecule has 2 N–H and O–H groups in total. The van der Waals surface area contributed by atoms with Crippen molar-refractivity contribution >= 4 is 29.4 Å². The van der Waals surface area contributed by atoms with Gasteiger partial charge in [-0.1, -0.05) is 12.8 Å². The van der Waals surface area contributed by atoms with E-state index in [4.69, 9.17) is 0 Å². The van der Waals surface area contributed by atoms with E-state index in [0.29, 0.717) is 44.7 Å². The van der Waals surface area contributed by atoms with Gasteiger partial charge in [-0.05, 0) is 37.1 Å². The summed E-state index contributed by atoms with van der Waals surface area (Å²) in [6.07, 6.45) is 3.27. The number of amides is 5. The molecule has 2 aliphatic heterocycles. The molecule has 4 rings (SSSR count). The SMILES string of the molecule is O=C(CN1CCN(C(=O)CCN2C(=O)NC3(CCCC3)C2=O)CC1)Nc1ccc(F)cc1. The molecule has 10 heteroatoms. The largest absolute Gasteiger partial charge is 0.340 e. The Balaban J connectivity index is 1.19. The normalized spacial score (nSPS) is 20.7. The predicted octanol–water partition coefficient (Wildman–Crippen LogP) is 1.16. The average molecular weight is 445 g/mol. The first-order chi connectivity index (χ1) is 15.4. The lowest BCUT2D eigenvalue weighted by Crippen LogP contribution is -2.51. The van der Waals surface area contributed by atoms with E-state index in [0.717, 1.165) is 12.8 Å². The van der Waals surface area contributed by atoms with Crippen molar-refractivity contribution in [2.75, 3.05) is 44.6 Å². The fourth-order valence-corrected chi connectivity index (χ4v) is 4.65. The molecule has 1 aromatic rings. The first kappa shape index (κ1) is 22.2. The van der Waals surface area contributed by atoms with Crippen molar-refractivity contribution in [1.29, 1.82) is 0 Å². The van der Waals surface area contributed by atoms with Crippen LogP contribution in [0.25, 0.3) is 0 Å². The summed E-state index contributed by atoms with van der Waals surface area (Å²) in [5, 5.41) is 5.55. The molecule has 9 nitrogen and oxygen atoms in total. The van der Waals surface area contributed by atoms with E-state index in [1.807, 2.05) is 4.90 Å². The zero-order valence-electron chi connectivity index (χ0n) is 17.9. The quantitative estimate of drug-likeness (QED) is 0.640. The van der Waals surface area contributed by atoms with Gasteiger partial charge in [-0.25, -0.2) is 9.18 Å². The number of benzene rings is 1. The Morgan fingerprint density at radius 3 is 2.34 bits per heavy atom. The molecule has 172 valence electrons. The van der Waals surface area contributed by atoms with Gasteiger partial charge in [-0.15, -0.1) is 0 Å². The van der Waals surface area contributed by atoms with Crippen LogP contribution in [-0.4, -0.2) is 83.3 Å². The molecule has 0 unspecified atom stereocenters. The minimum Gasteiger partial charge on any atom is -0.340 e. The Hall–Kier alpha value is -3.01. The molecule has 0 bridgehead atoms. The van der Waals surface area contributed by atoms with Gasteiger partial charge in [-0.3, -0.25) is 24.2 Å². The first-order valence-electron chi connectivity index (χ1n) is 11.1. The van der Waals surface area contributed by atoms with Crippen molar-refractivity contribution in [3.63, 3.8) is 0 Å². The van der Waals surface area contributed by atoms with Crippen LogP contribution >= 0.6 is 0 Å². The highest BCUT2D eigenvalue weighted by atomic mass is 19.1. The standard InChI is InChI=1S/C22H28FN5O4/c23-16-3-5-17(6-4-16)24-18(29)15-26-11-13-27(14-12-26)19(30)7-10-28-20(31)22(25-21(28)32)8-1-2-9-22/h3-6H,1-2,7-15H2,(H,24,29)(H,25,32). The maximum Gasteiger partial charge on any atom is 0.325 e. The summed E-state index contributed by atoms with van der Waals surface area (Å²) in [5.41, 5.74) is -0.217. The van der Waals surface area contributed by atoms with E-state index in [1.54, 1.807) is 4.90 Å². The molecule has 1 aromatic carbocycles. The number of hydrogen-bond acceptors (Lipinski definition) is 5. The van der Waals surface area contributed by atoms with E-state index in [-0.39, 0.29) is 43.0 Å². The van der Waals surface area contributed by atoms with Gasteiger partial charge in [0.15, 0.2) is 0 Å². The van der Waals surface area contributed by atoms with Gasteiger partial charge in [0.2, 0.25) is 11.8 Å². The number of nitrogens with zero attached hydrogens (tertiary/aromatic N) is 3. The van der Waals surface area contributed by atoms with E-state index < -0.39 is 11.6 Å². The Morgan fingerprint density at radius 2 is 1.69 bits per heavy atom. The maximum atomic E-state index is 13.0. The van der Waals surface area contributed by atoms with E-state index in [9.17, 15) is 23.6 Å². The monoisotopic (exact) mass is 445 g/mol. The van der Waals surface area contributed by atoms with Crippen molar-refractivity contribution in [1.82, 2.24) is 20.0 Å². The lowest BCUT2D eigenvalue weighted by molar-refractivity contribution is -0.134. The summed E-state index contributed by atoms with van der Waals surface area (Å²) >= 11 is 0. The van der Waals surface area contributed by atoms with Crippen LogP contribution in [0.5, 0.6) is 0 Å². The summed E-state index contributed by atoms with van der Waals surface area (Å²) in [7, 11) is 0. The number of halogens is 1. The highest BCUT2D eigenvalue weighted by molar-refractivity contribution is 6.07. The molecular weight excluding hydrogens is 417 g/mol. The zero-order valence-corrected chi connectivity index (χ0v) is 17.9. The number of rotatable bonds is 6. The zero-order chi connectivity index (χ0) is 22.7. The van der Waals surface area contributed by atoms with Crippen LogP contribution in [0.15, 0.2) is 24.3 Å². The predicted molar refractivity (Wildman–Crippen MR) is 114 cm³/mol. The number of carbonyl (C=O) groups excluding carboxylic acids is 4. The summed E-state index contributed by atoms with van der Waals surface area (Å²) < 4.78 is 13.0. The van der Waals surface area contributed by atoms with Crippen LogP contribution in [0.3, 0.4) is 0 Å². The van der Waals surface area contributed by atoms with Crippen molar-refractivity contribution in [3.05, 3.63) is 30.1 Å². The van der Waals surface area contributed by atoms with Crippen LogP contribution in [0.4, 0.5) is 14.9 Å². The van der Waals surface area contributed by atoms with E-state index >= 15 is 0 Å². The second-order valence-electron chi connectivity index (χ2n) is 8.64. The Kier molecular flexibility index (Phi) is 6.40. The van der Waals surface area contributed by atoms with Gasteiger partial charge in [-0.2, -0.15) is 0 Å². The minimum atomic E-state index is -0.750. The summed E-state index contributed by atoms with van der Waals surface area (Å²) in [6.45, 7) is 2.33. The average Bonchev–Trinajstić information content (AvgIpc) is 3.33. The number of anilines is 1. The highest BCUT2D eigenvalue weighted by Gasteiger charge is 2.52. The third-order valence-electron chi connectivity index (χ3n) is 6.47. The van der Waals surface area contributed by atoms with Gasteiger partial charge in [0, 0.05) is 44.8 Å². The van der Waals surface area contributed by atoms with Gasteiger partial charge < -0.3 is 15.5 Å². The fraction of sp³-hybridized carbons (Fsp3) is 0.545. The molecule has 2 saturated heterocycles. The Labute approximate surface area is 185 Å². The maximum absolute atomic E-state index is 13.0. The van der Waals surface area contributed by atoms with Crippen LogP contribution < -0.4 is 10.6 Å². The summed E-state index contributed by atoms with van der Waals surface area (Å²) in [4.78, 5) is 54.5. The molecule has 0 radical (unpaired) electrons. The van der Waals surface area contributed by atoms with E-state index in [2.05, 4.69) is 10.6 Å². The Bertz CT molecular complexity index is 892. The number of imide groups is 1. The molecule has 0 atom stereocenters. The van der Waals surface area contributed by atoms with E-state index in [1.165, 1.54) is 29.2 Å². The van der Waals surface area contributed by atoms with Crippen LogP contribution in [0, 0.1) is 5.82 Å². The Morgan fingerprint density at radius 1 is 1.03 bits per heavy atom. The number of hydrogen-bond donors (Lipinski definition) is 2. The molecule has 1 spiro atoms. The molecule has 3 fully saturated rings. The molecular formula is C22H28FN5O4. The second kappa shape index (κ2) is 9.23. The van der Waals surface area contributed by atoms with Gasteiger partial charge >= 0.3 is 6.03 Å². The van der Waals surface area contributed by atoms with Crippen molar-refractivity contribution in [2.24, 2.45) is 0 Å². The first-order valence-corrected chi connectivity index (χ1v) is 11.1. The topological polar surface area (TPSA) is 102 Å². The second-order valence-corrected chi connectivity index (χ2v) is 8.64. The lowest BCUT2D eigenvalue weighted by Gasteiger charge is -2.34. The lowest BCUT2D eigenvalue weighted by atomic mass is 9.98.